The summed E-state index contributed by atoms with van der Waals surface area (Å²) < 4.78 is 0. The number of ketones is 1. The van der Waals surface area contributed by atoms with Crippen molar-refractivity contribution in [2.24, 2.45) is 11.8 Å². The topological polar surface area (TPSA) is 57.6 Å². The van der Waals surface area contributed by atoms with Crippen molar-refractivity contribution < 1.29 is 14.7 Å². The Hall–Kier alpha value is -1.58. The van der Waals surface area contributed by atoms with Crippen molar-refractivity contribution >= 4 is 11.7 Å². The van der Waals surface area contributed by atoms with Crippen LogP contribution in [0.2, 0.25) is 0 Å². The van der Waals surface area contributed by atoms with Crippen LogP contribution in [0.5, 0.6) is 0 Å². The number of hydrogen-bond donors (Lipinski definition) is 1. The third-order valence-corrected chi connectivity index (χ3v) is 4.54. The molecule has 4 nitrogen and oxygen atoms in total. The number of aliphatic hydroxyl groups is 1. The summed E-state index contributed by atoms with van der Waals surface area (Å²) in [6.07, 6.45) is 5.94. The van der Waals surface area contributed by atoms with Gasteiger partial charge in [0.25, 0.3) is 5.91 Å². The molecule has 0 fully saturated rings. The van der Waals surface area contributed by atoms with E-state index in [1.807, 2.05) is 0 Å². The van der Waals surface area contributed by atoms with Gasteiger partial charge in [0.05, 0.1) is 6.04 Å². The highest BCUT2D eigenvalue weighted by Gasteiger charge is 2.41. The molecule has 0 spiro atoms. The lowest BCUT2D eigenvalue weighted by atomic mass is 9.99. The van der Waals surface area contributed by atoms with Crippen LogP contribution in [0.1, 0.15) is 67.2 Å². The highest BCUT2D eigenvalue weighted by atomic mass is 16.3. The van der Waals surface area contributed by atoms with Crippen LogP contribution in [0.3, 0.4) is 0 Å². The van der Waals surface area contributed by atoms with Crippen LogP contribution in [-0.4, -0.2) is 34.3 Å². The van der Waals surface area contributed by atoms with Gasteiger partial charge in [-0.3, -0.25) is 9.59 Å². The molecule has 4 heteroatoms. The van der Waals surface area contributed by atoms with E-state index in [0.29, 0.717) is 24.8 Å². The Kier molecular flexibility index (Phi) is 7.71. The lowest BCUT2D eigenvalue weighted by Gasteiger charge is -2.27. The minimum absolute atomic E-state index is 0.0159. The summed E-state index contributed by atoms with van der Waals surface area (Å²) in [7, 11) is 0. The molecular formula is C20H33NO3. The van der Waals surface area contributed by atoms with Crippen LogP contribution in [0.15, 0.2) is 23.0 Å². The number of Topliss-reactive ketones (excluding diaryl/α,β-unsaturated/α-hetero) is 1. The molecule has 1 unspecified atom stereocenters. The van der Waals surface area contributed by atoms with Gasteiger partial charge in [-0.15, -0.1) is 0 Å². The van der Waals surface area contributed by atoms with Gasteiger partial charge in [0.15, 0.2) is 5.78 Å². The second kappa shape index (κ2) is 9.05. The molecule has 1 rings (SSSR count). The third-order valence-electron chi connectivity index (χ3n) is 4.54. The summed E-state index contributed by atoms with van der Waals surface area (Å²) in [6, 6.07) is -0.346. The van der Waals surface area contributed by atoms with Gasteiger partial charge in [-0.05, 0) is 58.3 Å². The van der Waals surface area contributed by atoms with Crippen LogP contribution >= 0.6 is 0 Å². The molecule has 0 bridgehead atoms. The maximum atomic E-state index is 12.5. The molecule has 0 radical (unpaired) electrons. The largest absolute Gasteiger partial charge is 0.509 e. The minimum atomic E-state index is -0.346. The van der Waals surface area contributed by atoms with E-state index < -0.39 is 0 Å². The lowest BCUT2D eigenvalue weighted by molar-refractivity contribution is -0.129. The van der Waals surface area contributed by atoms with Crippen molar-refractivity contribution in [3.8, 4) is 0 Å². The van der Waals surface area contributed by atoms with Crippen LogP contribution in [0.4, 0.5) is 0 Å². The van der Waals surface area contributed by atoms with E-state index in [9.17, 15) is 14.7 Å². The quantitative estimate of drug-likeness (QED) is 0.501. The monoisotopic (exact) mass is 335 g/mol. The molecule has 1 aliphatic heterocycles. The first-order valence-electron chi connectivity index (χ1n) is 9.03. The van der Waals surface area contributed by atoms with Gasteiger partial charge in [-0.2, -0.15) is 0 Å². The Morgan fingerprint density at radius 2 is 1.83 bits per heavy atom. The number of rotatable bonds is 9. The molecule has 1 aliphatic rings. The normalized spacial score (nSPS) is 19.2. The average molecular weight is 335 g/mol. The fourth-order valence-electron chi connectivity index (χ4n) is 3.14. The summed E-state index contributed by atoms with van der Waals surface area (Å²) in [5, 5.41) is 10.4. The number of amides is 1. The zero-order valence-electron chi connectivity index (χ0n) is 16.1. The standard InChI is InChI=1S/C20H33NO3/c1-13(2)8-7-9-15(5)10-11-21-17(12-14(3)4)19(23)18(16(6)22)20(21)24/h8,14-15,17,23H,7,9-12H2,1-6H3/t15?,17-/m0/s1. The molecule has 0 saturated carbocycles. The highest BCUT2D eigenvalue weighted by molar-refractivity contribution is 6.20. The van der Waals surface area contributed by atoms with Gasteiger partial charge < -0.3 is 10.0 Å². The molecule has 136 valence electrons. The number of nitrogens with zero attached hydrogens (tertiary/aromatic N) is 1. The van der Waals surface area contributed by atoms with Gasteiger partial charge in [0, 0.05) is 6.54 Å². The first-order valence-corrected chi connectivity index (χ1v) is 9.03. The molecule has 24 heavy (non-hydrogen) atoms. The molecule has 0 aromatic heterocycles. The molecular weight excluding hydrogens is 302 g/mol. The Labute approximate surface area is 146 Å². The lowest BCUT2D eigenvalue weighted by Crippen LogP contribution is -2.38. The Bertz CT molecular complexity index is 527. The first-order chi connectivity index (χ1) is 11.1. The van der Waals surface area contributed by atoms with Crippen molar-refractivity contribution in [1.29, 1.82) is 0 Å². The van der Waals surface area contributed by atoms with Gasteiger partial charge in [0.2, 0.25) is 0 Å². The molecule has 2 atom stereocenters. The summed E-state index contributed by atoms with van der Waals surface area (Å²) in [5.41, 5.74) is 1.31. The van der Waals surface area contributed by atoms with Crippen LogP contribution in [0.25, 0.3) is 0 Å². The molecule has 1 heterocycles. The van der Waals surface area contributed by atoms with E-state index in [4.69, 9.17) is 0 Å². The number of hydrogen-bond acceptors (Lipinski definition) is 3. The minimum Gasteiger partial charge on any atom is -0.509 e. The molecule has 0 aromatic rings. The molecule has 0 saturated heterocycles. The van der Waals surface area contributed by atoms with Crippen molar-refractivity contribution in [1.82, 2.24) is 4.90 Å². The average Bonchev–Trinajstić information content (AvgIpc) is 2.67. The van der Waals surface area contributed by atoms with Crippen molar-refractivity contribution in [2.45, 2.75) is 73.3 Å². The fraction of sp³-hybridized carbons (Fsp3) is 0.700. The SMILES string of the molecule is CC(=O)C1=C(O)[C@H](CC(C)C)N(CCC(C)CCC=C(C)C)C1=O. The molecule has 1 N–H and O–H groups in total. The van der Waals surface area contributed by atoms with Crippen molar-refractivity contribution in [3.05, 3.63) is 23.0 Å². The summed E-state index contributed by atoms with van der Waals surface area (Å²) in [6.45, 7) is 12.4. The van der Waals surface area contributed by atoms with Crippen molar-refractivity contribution in [3.63, 3.8) is 0 Å². The Morgan fingerprint density at radius 3 is 2.33 bits per heavy atom. The third kappa shape index (κ3) is 5.50. The molecule has 0 aromatic carbocycles. The Balaban J connectivity index is 2.73. The maximum absolute atomic E-state index is 12.5. The summed E-state index contributed by atoms with van der Waals surface area (Å²) in [5.74, 6) is 0.163. The van der Waals surface area contributed by atoms with Crippen LogP contribution in [-0.2, 0) is 9.59 Å². The number of carbonyl (C=O) groups is 2. The van der Waals surface area contributed by atoms with Crippen molar-refractivity contribution in [2.75, 3.05) is 6.54 Å². The van der Waals surface area contributed by atoms with Crippen LogP contribution in [0, 0.1) is 11.8 Å². The maximum Gasteiger partial charge on any atom is 0.261 e. The first kappa shape index (κ1) is 20.5. The molecule has 1 amide bonds. The van der Waals surface area contributed by atoms with Gasteiger partial charge in [-0.1, -0.05) is 32.4 Å². The van der Waals surface area contributed by atoms with Gasteiger partial charge in [-0.25, -0.2) is 0 Å². The zero-order valence-corrected chi connectivity index (χ0v) is 16.1. The fourth-order valence-corrected chi connectivity index (χ4v) is 3.14. The number of carbonyl (C=O) groups excluding carboxylic acids is 2. The van der Waals surface area contributed by atoms with Gasteiger partial charge in [0.1, 0.15) is 11.3 Å². The van der Waals surface area contributed by atoms with E-state index in [1.165, 1.54) is 12.5 Å². The smallest absolute Gasteiger partial charge is 0.261 e. The predicted molar refractivity (Wildman–Crippen MR) is 97.7 cm³/mol. The van der Waals surface area contributed by atoms with E-state index in [-0.39, 0.29) is 29.1 Å². The van der Waals surface area contributed by atoms with Gasteiger partial charge >= 0.3 is 0 Å². The second-order valence-electron chi connectivity index (χ2n) is 7.71. The summed E-state index contributed by atoms with van der Waals surface area (Å²) >= 11 is 0. The zero-order chi connectivity index (χ0) is 18.4. The van der Waals surface area contributed by atoms with E-state index in [1.54, 1.807) is 4.90 Å². The van der Waals surface area contributed by atoms with E-state index in [0.717, 1.165) is 19.3 Å². The highest BCUT2D eigenvalue weighted by Crippen LogP contribution is 2.30. The molecule has 0 aliphatic carbocycles. The van der Waals surface area contributed by atoms with Crippen LogP contribution < -0.4 is 0 Å². The second-order valence-corrected chi connectivity index (χ2v) is 7.71. The number of allylic oxidation sites excluding steroid dienone is 2. The Morgan fingerprint density at radius 1 is 1.21 bits per heavy atom. The van der Waals surface area contributed by atoms with E-state index in [2.05, 4.69) is 40.7 Å². The predicted octanol–water partition coefficient (Wildman–Crippen LogP) is 4.42. The summed E-state index contributed by atoms with van der Waals surface area (Å²) in [4.78, 5) is 26.0. The number of aliphatic hydroxyl groups excluding tert-OH is 1. The van der Waals surface area contributed by atoms with E-state index >= 15 is 0 Å².